The van der Waals surface area contributed by atoms with Gasteiger partial charge in [0.2, 0.25) is 5.95 Å². The lowest BCUT2D eigenvalue weighted by Crippen LogP contribution is -2.58. The van der Waals surface area contributed by atoms with Crippen LogP contribution in [0.4, 0.5) is 5.95 Å². The number of ether oxygens (including phenoxy) is 1. The van der Waals surface area contributed by atoms with E-state index in [0.717, 1.165) is 45.2 Å². The molecule has 5 nitrogen and oxygen atoms in total. The third-order valence-corrected chi connectivity index (χ3v) is 5.16. The molecule has 22 heavy (non-hydrogen) atoms. The van der Waals surface area contributed by atoms with E-state index in [0.29, 0.717) is 0 Å². The number of nitrogens with zero attached hydrogens (tertiary/aromatic N) is 3. The summed E-state index contributed by atoms with van der Waals surface area (Å²) in [5.41, 5.74) is 1.44. The Morgan fingerprint density at radius 1 is 1.14 bits per heavy atom. The molecule has 0 aromatic carbocycles. The van der Waals surface area contributed by atoms with Crippen molar-refractivity contribution < 1.29 is 4.74 Å². The topological polar surface area (TPSA) is 50.3 Å². The molecule has 1 aliphatic carbocycles. The fourth-order valence-electron chi connectivity index (χ4n) is 3.72. The highest BCUT2D eigenvalue weighted by atomic mass is 16.5. The van der Waals surface area contributed by atoms with Gasteiger partial charge in [-0.1, -0.05) is 26.2 Å². The number of anilines is 1. The molecule has 1 saturated heterocycles. The summed E-state index contributed by atoms with van der Waals surface area (Å²) in [6.45, 7) is 6.90. The SMILES string of the molecule is CCc1cnc(NCC2(N3CCOCC3)CCCCC2)nc1. The monoisotopic (exact) mass is 304 g/mol. The molecule has 5 heteroatoms. The first-order chi connectivity index (χ1) is 10.8. The molecule has 2 heterocycles. The van der Waals surface area contributed by atoms with Gasteiger partial charge in [-0.3, -0.25) is 4.90 Å². The van der Waals surface area contributed by atoms with E-state index in [1.54, 1.807) is 0 Å². The van der Waals surface area contributed by atoms with Crippen molar-refractivity contribution in [3.05, 3.63) is 18.0 Å². The van der Waals surface area contributed by atoms with Crippen LogP contribution >= 0.6 is 0 Å². The number of hydrogen-bond donors (Lipinski definition) is 1. The van der Waals surface area contributed by atoms with Crippen LogP contribution in [-0.4, -0.2) is 53.3 Å². The molecular weight excluding hydrogens is 276 g/mol. The highest BCUT2D eigenvalue weighted by molar-refractivity contribution is 5.26. The van der Waals surface area contributed by atoms with Crippen molar-refractivity contribution in [3.8, 4) is 0 Å². The summed E-state index contributed by atoms with van der Waals surface area (Å²) in [5, 5.41) is 3.50. The van der Waals surface area contributed by atoms with E-state index in [4.69, 9.17) is 4.74 Å². The number of aromatic nitrogens is 2. The predicted octanol–water partition coefficient (Wildman–Crippen LogP) is 2.49. The molecule has 0 bridgehead atoms. The summed E-state index contributed by atoms with van der Waals surface area (Å²) in [7, 11) is 0. The standard InChI is InChI=1S/C17H28N4O/c1-2-15-12-18-16(19-13-15)20-14-17(6-4-3-5-7-17)21-8-10-22-11-9-21/h12-13H,2-11,14H2,1H3,(H,18,19,20). The third-order valence-electron chi connectivity index (χ3n) is 5.16. The summed E-state index contributed by atoms with van der Waals surface area (Å²) in [6.07, 6.45) is 11.4. The van der Waals surface area contributed by atoms with Crippen LogP contribution < -0.4 is 5.32 Å². The number of rotatable bonds is 5. The van der Waals surface area contributed by atoms with E-state index in [1.807, 2.05) is 12.4 Å². The average molecular weight is 304 g/mol. The van der Waals surface area contributed by atoms with E-state index in [1.165, 1.54) is 37.7 Å². The van der Waals surface area contributed by atoms with Crippen LogP contribution in [0.15, 0.2) is 12.4 Å². The molecule has 1 saturated carbocycles. The maximum absolute atomic E-state index is 5.54. The lowest BCUT2D eigenvalue weighted by atomic mass is 9.80. The summed E-state index contributed by atoms with van der Waals surface area (Å²) >= 11 is 0. The molecule has 1 aromatic heterocycles. The highest BCUT2D eigenvalue weighted by Gasteiger charge is 2.38. The third kappa shape index (κ3) is 3.58. The van der Waals surface area contributed by atoms with Crippen molar-refractivity contribution in [1.82, 2.24) is 14.9 Å². The van der Waals surface area contributed by atoms with E-state index in [9.17, 15) is 0 Å². The van der Waals surface area contributed by atoms with Crippen molar-refractivity contribution in [1.29, 1.82) is 0 Å². The van der Waals surface area contributed by atoms with E-state index < -0.39 is 0 Å². The van der Waals surface area contributed by atoms with Gasteiger partial charge in [0.05, 0.1) is 13.2 Å². The normalized spacial score (nSPS) is 22.4. The Morgan fingerprint density at radius 3 is 2.45 bits per heavy atom. The molecule has 0 atom stereocenters. The molecule has 0 amide bonds. The van der Waals surface area contributed by atoms with Crippen LogP contribution in [0.1, 0.15) is 44.6 Å². The molecule has 0 unspecified atom stereocenters. The Balaban J connectivity index is 1.66. The van der Waals surface area contributed by atoms with E-state index in [2.05, 4.69) is 27.1 Å². The first kappa shape index (κ1) is 15.7. The summed E-state index contributed by atoms with van der Waals surface area (Å²) in [4.78, 5) is 11.5. The highest BCUT2D eigenvalue weighted by Crippen LogP contribution is 2.34. The molecule has 0 radical (unpaired) electrons. The minimum absolute atomic E-state index is 0.259. The molecule has 1 N–H and O–H groups in total. The van der Waals surface area contributed by atoms with Crippen LogP contribution in [0.3, 0.4) is 0 Å². The zero-order valence-corrected chi connectivity index (χ0v) is 13.7. The molecule has 2 aliphatic rings. The lowest BCUT2D eigenvalue weighted by Gasteiger charge is -2.48. The van der Waals surface area contributed by atoms with Crippen LogP contribution in [0, 0.1) is 0 Å². The molecule has 1 aromatic rings. The second-order valence-electron chi connectivity index (χ2n) is 6.51. The Labute approximate surface area is 133 Å². The van der Waals surface area contributed by atoms with Crippen molar-refractivity contribution in [2.24, 2.45) is 0 Å². The van der Waals surface area contributed by atoms with Crippen LogP contribution in [0.5, 0.6) is 0 Å². The van der Waals surface area contributed by atoms with Gasteiger partial charge in [-0.25, -0.2) is 9.97 Å². The van der Waals surface area contributed by atoms with Crippen molar-refractivity contribution in [3.63, 3.8) is 0 Å². The molecule has 3 rings (SSSR count). The zero-order valence-electron chi connectivity index (χ0n) is 13.7. The fraction of sp³-hybridized carbons (Fsp3) is 0.765. The quantitative estimate of drug-likeness (QED) is 0.905. The van der Waals surface area contributed by atoms with Gasteiger partial charge in [0.1, 0.15) is 0 Å². The first-order valence-corrected chi connectivity index (χ1v) is 8.70. The number of morpholine rings is 1. The summed E-state index contributed by atoms with van der Waals surface area (Å²) in [5.74, 6) is 0.760. The van der Waals surface area contributed by atoms with Gasteiger partial charge in [0.15, 0.2) is 0 Å². The van der Waals surface area contributed by atoms with Crippen molar-refractivity contribution >= 4 is 5.95 Å². The van der Waals surface area contributed by atoms with Gasteiger partial charge in [0, 0.05) is 37.6 Å². The van der Waals surface area contributed by atoms with Crippen LogP contribution in [0.25, 0.3) is 0 Å². The van der Waals surface area contributed by atoms with Crippen LogP contribution in [-0.2, 0) is 11.2 Å². The maximum atomic E-state index is 5.54. The first-order valence-electron chi connectivity index (χ1n) is 8.70. The van der Waals surface area contributed by atoms with Crippen LogP contribution in [0.2, 0.25) is 0 Å². The fourth-order valence-corrected chi connectivity index (χ4v) is 3.72. The molecular formula is C17H28N4O. The van der Waals surface area contributed by atoms with Gasteiger partial charge >= 0.3 is 0 Å². The van der Waals surface area contributed by atoms with Gasteiger partial charge in [-0.05, 0) is 24.8 Å². The minimum atomic E-state index is 0.259. The maximum Gasteiger partial charge on any atom is 0.222 e. The van der Waals surface area contributed by atoms with Crippen molar-refractivity contribution in [2.45, 2.75) is 51.0 Å². The molecule has 122 valence electrons. The molecule has 0 spiro atoms. The predicted molar refractivity (Wildman–Crippen MR) is 88.1 cm³/mol. The van der Waals surface area contributed by atoms with Gasteiger partial charge < -0.3 is 10.1 Å². The van der Waals surface area contributed by atoms with Crippen molar-refractivity contribution in [2.75, 3.05) is 38.2 Å². The Kier molecular flexibility index (Phi) is 5.26. The zero-order chi connectivity index (χ0) is 15.3. The van der Waals surface area contributed by atoms with Gasteiger partial charge in [-0.2, -0.15) is 0 Å². The Morgan fingerprint density at radius 2 is 1.82 bits per heavy atom. The Hall–Kier alpha value is -1.20. The van der Waals surface area contributed by atoms with Gasteiger partial charge in [0.25, 0.3) is 0 Å². The molecule has 1 aliphatic heterocycles. The Bertz CT molecular complexity index is 450. The summed E-state index contributed by atoms with van der Waals surface area (Å²) in [6, 6.07) is 0. The minimum Gasteiger partial charge on any atom is -0.379 e. The smallest absolute Gasteiger partial charge is 0.222 e. The molecule has 2 fully saturated rings. The van der Waals surface area contributed by atoms with E-state index >= 15 is 0 Å². The number of hydrogen-bond acceptors (Lipinski definition) is 5. The second kappa shape index (κ2) is 7.38. The second-order valence-corrected chi connectivity index (χ2v) is 6.51. The van der Waals surface area contributed by atoms with Gasteiger partial charge in [-0.15, -0.1) is 0 Å². The van der Waals surface area contributed by atoms with E-state index in [-0.39, 0.29) is 5.54 Å². The number of aryl methyl sites for hydroxylation is 1. The average Bonchev–Trinajstić information content (AvgIpc) is 2.62. The number of nitrogens with one attached hydrogen (secondary N) is 1. The lowest BCUT2D eigenvalue weighted by molar-refractivity contribution is -0.0319. The summed E-state index contributed by atoms with van der Waals surface area (Å²) < 4.78 is 5.54. The largest absolute Gasteiger partial charge is 0.379 e.